The zero-order chi connectivity index (χ0) is 16.1. The van der Waals surface area contributed by atoms with Crippen molar-refractivity contribution in [2.45, 2.75) is 6.92 Å². The molecule has 0 saturated carbocycles. The topological polar surface area (TPSA) is 76.5 Å². The summed E-state index contributed by atoms with van der Waals surface area (Å²) in [5.41, 5.74) is 0. The van der Waals surface area contributed by atoms with Crippen molar-refractivity contribution < 1.29 is 9.47 Å². The van der Waals surface area contributed by atoms with E-state index >= 15 is 0 Å². The van der Waals surface area contributed by atoms with Crippen LogP contribution in [0.15, 0.2) is 24.7 Å². The predicted octanol–water partition coefficient (Wildman–Crippen LogP) is 1.00. The molecule has 2 aromatic heterocycles. The molecule has 2 aromatic rings. The van der Waals surface area contributed by atoms with Gasteiger partial charge in [-0.05, 0) is 6.92 Å². The second-order valence-corrected chi connectivity index (χ2v) is 5.02. The molecule has 0 aliphatic carbocycles. The second kappa shape index (κ2) is 7.08. The lowest BCUT2D eigenvalue weighted by Gasteiger charge is -2.35. The molecule has 23 heavy (non-hydrogen) atoms. The van der Waals surface area contributed by atoms with Crippen molar-refractivity contribution in [3.63, 3.8) is 0 Å². The number of nitrogens with zero attached hydrogens (tertiary/aromatic N) is 6. The van der Waals surface area contributed by atoms with Gasteiger partial charge in [0.25, 0.3) is 0 Å². The summed E-state index contributed by atoms with van der Waals surface area (Å²) in [7, 11) is 1.61. The molecule has 3 rings (SSSR count). The van der Waals surface area contributed by atoms with E-state index in [0.717, 1.165) is 32.0 Å². The van der Waals surface area contributed by atoms with Crippen LogP contribution in [-0.4, -0.2) is 59.8 Å². The SMILES string of the molecule is CCOc1cc(N2CCN(c3nccc(OC)n3)CC2)ncn1. The summed E-state index contributed by atoms with van der Waals surface area (Å²) in [5.74, 6) is 2.77. The molecule has 0 unspecified atom stereocenters. The lowest BCUT2D eigenvalue weighted by atomic mass is 10.3. The fourth-order valence-corrected chi connectivity index (χ4v) is 2.46. The Labute approximate surface area is 135 Å². The standard InChI is InChI=1S/C15H20N6O2/c1-3-23-14-10-12(17-11-18-14)20-6-8-21(9-7-20)15-16-5-4-13(19-15)22-2/h4-5,10-11H,3,6-9H2,1-2H3. The van der Waals surface area contributed by atoms with Crippen molar-refractivity contribution >= 4 is 11.8 Å². The first kappa shape index (κ1) is 15.3. The number of ether oxygens (including phenoxy) is 2. The minimum atomic E-state index is 0.578. The van der Waals surface area contributed by atoms with Crippen molar-refractivity contribution in [3.8, 4) is 11.8 Å². The van der Waals surface area contributed by atoms with Crippen molar-refractivity contribution in [3.05, 3.63) is 24.7 Å². The maximum Gasteiger partial charge on any atom is 0.228 e. The normalized spacial score (nSPS) is 14.7. The molecule has 8 heteroatoms. The van der Waals surface area contributed by atoms with Gasteiger partial charge in [0.05, 0.1) is 13.7 Å². The molecule has 1 fully saturated rings. The van der Waals surface area contributed by atoms with E-state index in [-0.39, 0.29) is 0 Å². The number of methoxy groups -OCH3 is 1. The average Bonchev–Trinajstić information content (AvgIpc) is 2.62. The van der Waals surface area contributed by atoms with E-state index in [1.807, 2.05) is 13.0 Å². The van der Waals surface area contributed by atoms with Crippen LogP contribution in [0.25, 0.3) is 0 Å². The third-order valence-corrected chi connectivity index (χ3v) is 3.63. The van der Waals surface area contributed by atoms with Crippen LogP contribution in [0.5, 0.6) is 11.8 Å². The molecule has 0 bridgehead atoms. The fraction of sp³-hybridized carbons (Fsp3) is 0.467. The maximum absolute atomic E-state index is 5.43. The molecule has 0 spiro atoms. The number of rotatable bonds is 5. The highest BCUT2D eigenvalue weighted by Gasteiger charge is 2.20. The smallest absolute Gasteiger partial charge is 0.228 e. The predicted molar refractivity (Wildman–Crippen MR) is 86.2 cm³/mol. The van der Waals surface area contributed by atoms with Gasteiger partial charge < -0.3 is 19.3 Å². The number of anilines is 2. The van der Waals surface area contributed by atoms with Gasteiger partial charge in [0.15, 0.2) is 0 Å². The first-order chi connectivity index (χ1) is 11.3. The molecule has 0 N–H and O–H groups in total. The Morgan fingerprint density at radius 3 is 2.57 bits per heavy atom. The summed E-state index contributed by atoms with van der Waals surface area (Å²) in [6.07, 6.45) is 3.25. The highest BCUT2D eigenvalue weighted by Crippen LogP contribution is 2.19. The number of hydrogen-bond donors (Lipinski definition) is 0. The zero-order valence-electron chi connectivity index (χ0n) is 13.3. The molecular formula is C15H20N6O2. The summed E-state index contributed by atoms with van der Waals surface area (Å²) in [6, 6.07) is 3.62. The van der Waals surface area contributed by atoms with Crippen molar-refractivity contribution in [1.29, 1.82) is 0 Å². The van der Waals surface area contributed by atoms with E-state index in [9.17, 15) is 0 Å². The van der Waals surface area contributed by atoms with Gasteiger partial charge >= 0.3 is 0 Å². The molecule has 0 amide bonds. The van der Waals surface area contributed by atoms with Crippen LogP contribution in [0, 0.1) is 0 Å². The largest absolute Gasteiger partial charge is 0.481 e. The highest BCUT2D eigenvalue weighted by molar-refractivity contribution is 5.44. The third-order valence-electron chi connectivity index (χ3n) is 3.63. The molecule has 0 aromatic carbocycles. The fourth-order valence-electron chi connectivity index (χ4n) is 2.46. The Kier molecular flexibility index (Phi) is 4.70. The summed E-state index contributed by atoms with van der Waals surface area (Å²) in [4.78, 5) is 21.5. The zero-order valence-corrected chi connectivity index (χ0v) is 13.3. The third kappa shape index (κ3) is 3.58. The maximum atomic E-state index is 5.43. The first-order valence-corrected chi connectivity index (χ1v) is 7.62. The highest BCUT2D eigenvalue weighted by atomic mass is 16.5. The summed E-state index contributed by atoms with van der Waals surface area (Å²) >= 11 is 0. The van der Waals surface area contributed by atoms with Crippen LogP contribution < -0.4 is 19.3 Å². The molecule has 122 valence electrons. The van der Waals surface area contributed by atoms with Crippen molar-refractivity contribution in [2.75, 3.05) is 49.7 Å². The van der Waals surface area contributed by atoms with E-state index in [0.29, 0.717) is 24.3 Å². The van der Waals surface area contributed by atoms with Crippen LogP contribution in [-0.2, 0) is 0 Å². The minimum absolute atomic E-state index is 0.578. The van der Waals surface area contributed by atoms with Crippen LogP contribution in [0.1, 0.15) is 6.92 Å². The van der Waals surface area contributed by atoms with Gasteiger partial charge in [0, 0.05) is 44.5 Å². The lowest BCUT2D eigenvalue weighted by Crippen LogP contribution is -2.47. The molecule has 3 heterocycles. The van der Waals surface area contributed by atoms with Gasteiger partial charge in [-0.2, -0.15) is 4.98 Å². The second-order valence-electron chi connectivity index (χ2n) is 5.02. The van der Waals surface area contributed by atoms with Crippen molar-refractivity contribution in [1.82, 2.24) is 19.9 Å². The Hall–Kier alpha value is -2.64. The van der Waals surface area contributed by atoms with Gasteiger partial charge in [-0.25, -0.2) is 15.0 Å². The first-order valence-electron chi connectivity index (χ1n) is 7.62. The Morgan fingerprint density at radius 2 is 1.83 bits per heavy atom. The van der Waals surface area contributed by atoms with Gasteiger partial charge in [0.1, 0.15) is 12.1 Å². The van der Waals surface area contributed by atoms with Crippen LogP contribution in [0.2, 0.25) is 0 Å². The molecule has 1 aliphatic rings. The number of piperazine rings is 1. The molecule has 8 nitrogen and oxygen atoms in total. The van der Waals surface area contributed by atoms with Gasteiger partial charge in [-0.15, -0.1) is 0 Å². The van der Waals surface area contributed by atoms with Crippen LogP contribution in [0.4, 0.5) is 11.8 Å². The Bertz CT molecular complexity index is 645. The minimum Gasteiger partial charge on any atom is -0.481 e. The molecule has 0 atom stereocenters. The van der Waals surface area contributed by atoms with Gasteiger partial charge in [-0.3, -0.25) is 0 Å². The van der Waals surface area contributed by atoms with E-state index < -0.39 is 0 Å². The summed E-state index contributed by atoms with van der Waals surface area (Å²) in [5, 5.41) is 0. The van der Waals surface area contributed by atoms with Crippen LogP contribution in [0.3, 0.4) is 0 Å². The monoisotopic (exact) mass is 316 g/mol. The summed E-state index contributed by atoms with van der Waals surface area (Å²) < 4.78 is 10.6. The molecule has 0 radical (unpaired) electrons. The van der Waals surface area contributed by atoms with E-state index in [2.05, 4.69) is 29.7 Å². The van der Waals surface area contributed by atoms with Gasteiger partial charge in [-0.1, -0.05) is 0 Å². The van der Waals surface area contributed by atoms with E-state index in [4.69, 9.17) is 9.47 Å². The quantitative estimate of drug-likeness (QED) is 0.808. The van der Waals surface area contributed by atoms with E-state index in [1.54, 1.807) is 19.4 Å². The van der Waals surface area contributed by atoms with Crippen molar-refractivity contribution in [2.24, 2.45) is 0 Å². The molecular weight excluding hydrogens is 296 g/mol. The Morgan fingerprint density at radius 1 is 1.04 bits per heavy atom. The summed E-state index contributed by atoms with van der Waals surface area (Å²) in [6.45, 7) is 5.85. The van der Waals surface area contributed by atoms with E-state index in [1.165, 1.54) is 6.33 Å². The molecule has 1 aliphatic heterocycles. The number of hydrogen-bond acceptors (Lipinski definition) is 8. The average molecular weight is 316 g/mol. The Balaban J connectivity index is 1.65. The lowest BCUT2D eigenvalue weighted by molar-refractivity contribution is 0.326. The number of aromatic nitrogens is 4. The molecule has 1 saturated heterocycles. The van der Waals surface area contributed by atoms with Crippen LogP contribution >= 0.6 is 0 Å². The van der Waals surface area contributed by atoms with Gasteiger partial charge in [0.2, 0.25) is 17.7 Å².